The first-order chi connectivity index (χ1) is 4.83. The molecule has 1 aliphatic heterocycles. The van der Waals surface area contributed by atoms with Crippen LogP contribution in [0.1, 0.15) is 6.92 Å². The zero-order valence-corrected chi connectivity index (χ0v) is 8.43. The summed E-state index contributed by atoms with van der Waals surface area (Å²) in [5, 5.41) is 0. The van der Waals surface area contributed by atoms with Gasteiger partial charge >= 0.3 is 29.5 Å². The molecule has 0 aromatic heterocycles. The summed E-state index contributed by atoms with van der Waals surface area (Å²) in [6.07, 6.45) is 4.20. The topological polar surface area (TPSA) is 6.48 Å². The number of nitrogens with zero attached hydrogens (tertiary/aromatic N) is 2. The van der Waals surface area contributed by atoms with E-state index >= 15 is 0 Å². The maximum absolute atomic E-state index is 2.94. The summed E-state index contributed by atoms with van der Waals surface area (Å²) in [7, 11) is 2.08. The van der Waals surface area contributed by atoms with Crippen LogP contribution in [0.5, 0.6) is 0 Å². The van der Waals surface area contributed by atoms with E-state index in [1.807, 2.05) is 15.8 Å². The standard InChI is InChI=1S/C6H12N2.BrH.Li/c1-3-8-5-4-7(2)6-8;;/h4-5H,3,6H2,1-2H3;1H;/q;;+1/p-1. The Bertz CT molecular complexity index is 108. The molecule has 2 nitrogen and oxygen atoms in total. The summed E-state index contributed by atoms with van der Waals surface area (Å²) in [4.78, 5) is 4.41. The molecule has 0 N–H and O–H groups in total. The van der Waals surface area contributed by atoms with Crippen molar-refractivity contribution in [2.75, 3.05) is 20.3 Å². The molecule has 1 rings (SSSR count). The van der Waals surface area contributed by atoms with E-state index in [0.29, 0.717) is 0 Å². The molecule has 0 saturated heterocycles. The molecule has 0 amide bonds. The predicted octanol–water partition coefficient (Wildman–Crippen LogP) is 1.15. The number of hydrogen-bond donors (Lipinski definition) is 0. The van der Waals surface area contributed by atoms with Crippen molar-refractivity contribution >= 4 is 29.5 Å². The van der Waals surface area contributed by atoms with E-state index in [1.165, 1.54) is 0 Å². The van der Waals surface area contributed by atoms with Gasteiger partial charge in [0.25, 0.3) is 0 Å². The summed E-state index contributed by atoms with van der Waals surface area (Å²) < 4.78 is 0. The van der Waals surface area contributed by atoms with Gasteiger partial charge in [-0.15, -0.1) is 0 Å². The molecular formula is C6H12BrLiN2. The average molecular weight is 199 g/mol. The van der Waals surface area contributed by atoms with Crippen LogP contribution in [-0.4, -0.2) is 45.9 Å². The van der Waals surface area contributed by atoms with Crippen molar-refractivity contribution in [1.29, 1.82) is 0 Å². The summed E-state index contributed by atoms with van der Waals surface area (Å²) in [6.45, 7) is 4.32. The molecule has 0 saturated carbocycles. The van der Waals surface area contributed by atoms with Crippen LogP contribution >= 0.6 is 13.7 Å². The van der Waals surface area contributed by atoms with Gasteiger partial charge < -0.3 is 9.80 Å². The van der Waals surface area contributed by atoms with Crippen LogP contribution < -0.4 is 0 Å². The molecule has 54 valence electrons. The van der Waals surface area contributed by atoms with Gasteiger partial charge in [-0.2, -0.15) is 0 Å². The third-order valence-electron chi connectivity index (χ3n) is 1.34. The molecule has 0 spiro atoms. The fourth-order valence-electron chi connectivity index (χ4n) is 0.794. The maximum atomic E-state index is 2.94. The first kappa shape index (κ1) is 10.4. The Balaban J connectivity index is 0.000000371. The van der Waals surface area contributed by atoms with Gasteiger partial charge in [0.2, 0.25) is 0 Å². The van der Waals surface area contributed by atoms with Gasteiger partial charge in [-0.25, -0.2) is 0 Å². The van der Waals surface area contributed by atoms with Gasteiger partial charge in [-0.1, -0.05) is 0 Å². The molecular weight excluding hydrogens is 187 g/mol. The van der Waals surface area contributed by atoms with E-state index in [0.717, 1.165) is 13.2 Å². The minimum atomic E-state index is 1.05. The van der Waals surface area contributed by atoms with Crippen molar-refractivity contribution < 1.29 is 0 Å². The Morgan fingerprint density at radius 2 is 2.10 bits per heavy atom. The first-order valence-corrected chi connectivity index (χ1v) is 4.92. The quantitative estimate of drug-likeness (QED) is 0.584. The van der Waals surface area contributed by atoms with E-state index in [-0.39, 0.29) is 0 Å². The van der Waals surface area contributed by atoms with E-state index in [2.05, 4.69) is 49.9 Å². The number of halogens is 1. The fraction of sp³-hybridized carbons (Fsp3) is 0.667. The van der Waals surface area contributed by atoms with E-state index < -0.39 is 0 Å². The molecule has 0 unspecified atom stereocenters. The molecule has 0 fully saturated rings. The fourth-order valence-corrected chi connectivity index (χ4v) is 0.794. The zero-order valence-electron chi connectivity index (χ0n) is 6.84. The predicted molar refractivity (Wildman–Crippen MR) is 48.8 cm³/mol. The summed E-state index contributed by atoms with van der Waals surface area (Å²) >= 11 is 4.75. The van der Waals surface area contributed by atoms with Crippen LogP contribution in [0.2, 0.25) is 0 Å². The second kappa shape index (κ2) is 6.15. The zero-order chi connectivity index (χ0) is 7.98. The Morgan fingerprint density at radius 3 is 2.30 bits per heavy atom. The first-order valence-electron chi connectivity index (χ1n) is 3.33. The molecule has 4 heteroatoms. The van der Waals surface area contributed by atoms with Crippen molar-refractivity contribution in [3.63, 3.8) is 0 Å². The summed E-state index contributed by atoms with van der Waals surface area (Å²) in [6, 6.07) is 0. The molecule has 0 aromatic rings. The monoisotopic (exact) mass is 198 g/mol. The van der Waals surface area contributed by atoms with Crippen molar-refractivity contribution in [1.82, 2.24) is 9.80 Å². The molecule has 0 bridgehead atoms. The van der Waals surface area contributed by atoms with Gasteiger partial charge in [0, 0.05) is 26.0 Å². The van der Waals surface area contributed by atoms with Crippen LogP contribution in [0.25, 0.3) is 0 Å². The van der Waals surface area contributed by atoms with Gasteiger partial charge in [-0.05, 0) is 6.92 Å². The van der Waals surface area contributed by atoms with Gasteiger partial charge in [0.05, 0.1) is 6.67 Å². The van der Waals surface area contributed by atoms with E-state index in [1.54, 1.807) is 0 Å². The van der Waals surface area contributed by atoms with E-state index in [9.17, 15) is 0 Å². The second-order valence-electron chi connectivity index (χ2n) is 2.10. The Hall–Kier alpha value is 0.417. The molecule has 1 aliphatic rings. The van der Waals surface area contributed by atoms with Crippen LogP contribution in [0.3, 0.4) is 0 Å². The molecule has 0 aromatic carbocycles. The Kier molecular flexibility index (Phi) is 6.41. The van der Waals surface area contributed by atoms with Gasteiger partial charge in [0.15, 0.2) is 0 Å². The summed E-state index contributed by atoms with van der Waals surface area (Å²) in [5.74, 6) is 0. The van der Waals surface area contributed by atoms with Gasteiger partial charge in [-0.3, -0.25) is 0 Å². The third-order valence-corrected chi connectivity index (χ3v) is 1.34. The van der Waals surface area contributed by atoms with Crippen molar-refractivity contribution in [3.8, 4) is 0 Å². The molecule has 1 heterocycles. The van der Waals surface area contributed by atoms with Crippen molar-refractivity contribution in [2.45, 2.75) is 6.92 Å². The van der Waals surface area contributed by atoms with Crippen LogP contribution in [0.15, 0.2) is 12.4 Å². The second-order valence-corrected chi connectivity index (χ2v) is 2.10. The average Bonchev–Trinajstić information content (AvgIpc) is 2.40. The third kappa shape index (κ3) is 3.55. The molecule has 0 atom stereocenters. The van der Waals surface area contributed by atoms with Gasteiger partial charge in [0.1, 0.15) is 0 Å². The van der Waals surface area contributed by atoms with Crippen LogP contribution in [0.4, 0.5) is 0 Å². The SMILES string of the molecule is CCN1C=CN(C)C1.[Li][Br]. The minimum absolute atomic E-state index is 1.05. The van der Waals surface area contributed by atoms with E-state index in [4.69, 9.17) is 0 Å². The Morgan fingerprint density at radius 1 is 1.50 bits per heavy atom. The number of rotatable bonds is 1. The molecule has 0 radical (unpaired) electrons. The Labute approximate surface area is 78.9 Å². The van der Waals surface area contributed by atoms with Crippen LogP contribution in [0, 0.1) is 0 Å². The molecule has 0 aliphatic carbocycles. The summed E-state index contributed by atoms with van der Waals surface area (Å²) in [5.41, 5.74) is 0. The number of hydrogen-bond acceptors (Lipinski definition) is 2. The molecule has 10 heavy (non-hydrogen) atoms. The van der Waals surface area contributed by atoms with Crippen molar-refractivity contribution in [2.24, 2.45) is 0 Å². The van der Waals surface area contributed by atoms with Crippen LogP contribution in [-0.2, 0) is 0 Å². The normalized spacial score (nSPS) is 15.3. The van der Waals surface area contributed by atoms with Crippen molar-refractivity contribution in [3.05, 3.63) is 12.4 Å².